The van der Waals surface area contributed by atoms with Crippen LogP contribution in [0.2, 0.25) is 0 Å². The lowest BCUT2D eigenvalue weighted by molar-refractivity contribution is -0.131. The molecule has 6 heteroatoms. The van der Waals surface area contributed by atoms with Crippen LogP contribution in [-0.4, -0.2) is 39.8 Å². The zero-order chi connectivity index (χ0) is 21.6. The van der Waals surface area contributed by atoms with E-state index in [9.17, 15) is 9.59 Å². The van der Waals surface area contributed by atoms with Crippen molar-refractivity contribution in [1.29, 1.82) is 0 Å². The molecule has 6 nitrogen and oxygen atoms in total. The number of likely N-dealkylation sites (tertiary alicyclic amines) is 1. The van der Waals surface area contributed by atoms with Crippen molar-refractivity contribution in [1.82, 2.24) is 14.9 Å². The quantitative estimate of drug-likeness (QED) is 0.683. The molecular formula is C25H26N4O2. The molecule has 1 aromatic heterocycles. The van der Waals surface area contributed by atoms with Crippen LogP contribution in [0.25, 0.3) is 11.3 Å². The Balaban J connectivity index is 1.55. The Morgan fingerprint density at radius 1 is 1.06 bits per heavy atom. The van der Waals surface area contributed by atoms with E-state index in [1.165, 1.54) is 6.92 Å². The van der Waals surface area contributed by atoms with Gasteiger partial charge in [-0.15, -0.1) is 0 Å². The molecule has 0 aliphatic carbocycles. The van der Waals surface area contributed by atoms with E-state index in [0.717, 1.165) is 47.6 Å². The number of carbonyl (C=O) groups excluding carboxylic acids is 2. The summed E-state index contributed by atoms with van der Waals surface area (Å²) < 4.78 is 0. The third kappa shape index (κ3) is 5.15. The number of carbonyl (C=O) groups is 2. The van der Waals surface area contributed by atoms with Gasteiger partial charge in [0.15, 0.2) is 0 Å². The molecule has 1 N–H and O–H groups in total. The normalized spacial score (nSPS) is 16.0. The second-order valence-corrected chi connectivity index (χ2v) is 7.89. The molecule has 1 saturated heterocycles. The standard InChI is InChI=1S/C25H26N4O2/c1-18(30)28-22-11-5-9-20(16-22)24-25(27-13-12-26-24)21-10-6-14-29(17-21)23(31)15-19-7-3-2-4-8-19/h2-5,7-9,11-13,16,21H,6,10,14-15,17H2,1H3,(H,28,30)/t21-/m1/s1. The van der Waals surface area contributed by atoms with Crippen molar-refractivity contribution in [3.63, 3.8) is 0 Å². The largest absolute Gasteiger partial charge is 0.342 e. The summed E-state index contributed by atoms with van der Waals surface area (Å²) in [5, 5.41) is 2.82. The molecule has 2 aromatic carbocycles. The van der Waals surface area contributed by atoms with Crippen LogP contribution in [0.15, 0.2) is 67.0 Å². The van der Waals surface area contributed by atoms with E-state index in [4.69, 9.17) is 0 Å². The van der Waals surface area contributed by atoms with Gasteiger partial charge in [-0.05, 0) is 30.5 Å². The molecule has 31 heavy (non-hydrogen) atoms. The maximum absolute atomic E-state index is 12.9. The number of nitrogens with zero attached hydrogens (tertiary/aromatic N) is 3. The summed E-state index contributed by atoms with van der Waals surface area (Å²) in [6.07, 6.45) is 5.71. The molecule has 0 bridgehead atoms. The molecule has 4 rings (SSSR count). The lowest BCUT2D eigenvalue weighted by Crippen LogP contribution is -2.40. The lowest BCUT2D eigenvalue weighted by atomic mass is 9.91. The van der Waals surface area contributed by atoms with Crippen molar-refractivity contribution in [3.05, 3.63) is 78.2 Å². The SMILES string of the molecule is CC(=O)Nc1cccc(-c2nccnc2[C@@H]2CCCN(C(=O)Cc3ccccc3)C2)c1. The van der Waals surface area contributed by atoms with E-state index in [1.807, 2.05) is 59.5 Å². The summed E-state index contributed by atoms with van der Waals surface area (Å²) in [4.78, 5) is 35.5. The van der Waals surface area contributed by atoms with Crippen molar-refractivity contribution in [2.24, 2.45) is 0 Å². The van der Waals surface area contributed by atoms with Gasteiger partial charge in [0.1, 0.15) is 0 Å². The average molecular weight is 415 g/mol. The predicted octanol–water partition coefficient (Wildman–Crippen LogP) is 4.05. The number of nitrogens with one attached hydrogen (secondary N) is 1. The van der Waals surface area contributed by atoms with Gasteiger partial charge in [0.05, 0.1) is 17.8 Å². The topological polar surface area (TPSA) is 75.2 Å². The minimum atomic E-state index is -0.114. The highest BCUT2D eigenvalue weighted by Gasteiger charge is 2.28. The summed E-state index contributed by atoms with van der Waals surface area (Å²) in [5.74, 6) is 0.159. The van der Waals surface area contributed by atoms with Crippen LogP contribution in [0.5, 0.6) is 0 Å². The van der Waals surface area contributed by atoms with Gasteiger partial charge in [-0.1, -0.05) is 42.5 Å². The van der Waals surface area contributed by atoms with Gasteiger partial charge in [-0.25, -0.2) is 0 Å². The number of benzene rings is 2. The Morgan fingerprint density at radius 3 is 2.68 bits per heavy atom. The second kappa shape index (κ2) is 9.51. The average Bonchev–Trinajstić information content (AvgIpc) is 2.79. The lowest BCUT2D eigenvalue weighted by Gasteiger charge is -2.33. The smallest absolute Gasteiger partial charge is 0.227 e. The summed E-state index contributed by atoms with van der Waals surface area (Å²) in [6.45, 7) is 2.90. The van der Waals surface area contributed by atoms with E-state index in [1.54, 1.807) is 12.4 Å². The van der Waals surface area contributed by atoms with Crippen molar-refractivity contribution in [3.8, 4) is 11.3 Å². The van der Waals surface area contributed by atoms with Crippen LogP contribution in [0.1, 0.15) is 36.9 Å². The van der Waals surface area contributed by atoms with E-state index in [0.29, 0.717) is 13.0 Å². The van der Waals surface area contributed by atoms with Crippen molar-refractivity contribution in [2.75, 3.05) is 18.4 Å². The summed E-state index contributed by atoms with van der Waals surface area (Å²) in [7, 11) is 0. The molecule has 158 valence electrons. The molecule has 1 atom stereocenters. The van der Waals surface area contributed by atoms with Crippen LogP contribution in [-0.2, 0) is 16.0 Å². The Kier molecular flexibility index (Phi) is 6.36. The Morgan fingerprint density at radius 2 is 1.87 bits per heavy atom. The molecule has 0 unspecified atom stereocenters. The van der Waals surface area contributed by atoms with Gasteiger partial charge >= 0.3 is 0 Å². The number of hydrogen-bond acceptors (Lipinski definition) is 4. The second-order valence-electron chi connectivity index (χ2n) is 7.89. The molecule has 0 spiro atoms. The molecular weight excluding hydrogens is 388 g/mol. The van der Waals surface area contributed by atoms with Gasteiger partial charge in [0, 0.05) is 49.6 Å². The highest BCUT2D eigenvalue weighted by molar-refractivity contribution is 5.89. The number of anilines is 1. The predicted molar refractivity (Wildman–Crippen MR) is 120 cm³/mol. The Hall–Kier alpha value is -3.54. The first kappa shape index (κ1) is 20.7. The van der Waals surface area contributed by atoms with E-state index >= 15 is 0 Å². The minimum Gasteiger partial charge on any atom is -0.342 e. The third-order valence-corrected chi connectivity index (χ3v) is 5.54. The van der Waals surface area contributed by atoms with Gasteiger partial charge in [0.25, 0.3) is 0 Å². The molecule has 1 aliphatic rings. The molecule has 3 aromatic rings. The fourth-order valence-corrected chi connectivity index (χ4v) is 4.13. The van der Waals surface area contributed by atoms with Crippen LogP contribution in [0.4, 0.5) is 5.69 Å². The molecule has 2 heterocycles. The zero-order valence-corrected chi connectivity index (χ0v) is 17.6. The summed E-state index contributed by atoms with van der Waals surface area (Å²) >= 11 is 0. The zero-order valence-electron chi connectivity index (χ0n) is 17.6. The van der Waals surface area contributed by atoms with Crippen LogP contribution < -0.4 is 5.32 Å². The van der Waals surface area contributed by atoms with Crippen LogP contribution >= 0.6 is 0 Å². The van der Waals surface area contributed by atoms with E-state index in [2.05, 4.69) is 15.3 Å². The molecule has 0 radical (unpaired) electrons. The first-order valence-electron chi connectivity index (χ1n) is 10.6. The van der Waals surface area contributed by atoms with Gasteiger partial charge < -0.3 is 10.2 Å². The Bertz CT molecular complexity index is 1070. The Labute approximate surface area is 182 Å². The highest BCUT2D eigenvalue weighted by Crippen LogP contribution is 2.32. The number of hydrogen-bond donors (Lipinski definition) is 1. The minimum absolute atomic E-state index is 0.114. The molecule has 0 saturated carbocycles. The third-order valence-electron chi connectivity index (χ3n) is 5.54. The van der Waals surface area contributed by atoms with Crippen LogP contribution in [0, 0.1) is 0 Å². The number of piperidine rings is 1. The highest BCUT2D eigenvalue weighted by atomic mass is 16.2. The van der Waals surface area contributed by atoms with Gasteiger partial charge in [-0.2, -0.15) is 0 Å². The summed E-state index contributed by atoms with van der Waals surface area (Å²) in [5.41, 5.74) is 4.37. The van der Waals surface area contributed by atoms with Crippen molar-refractivity contribution >= 4 is 17.5 Å². The van der Waals surface area contributed by atoms with Crippen LogP contribution in [0.3, 0.4) is 0 Å². The summed E-state index contributed by atoms with van der Waals surface area (Å²) in [6, 6.07) is 17.5. The van der Waals surface area contributed by atoms with Gasteiger partial charge in [0.2, 0.25) is 11.8 Å². The fourth-order valence-electron chi connectivity index (χ4n) is 4.13. The maximum Gasteiger partial charge on any atom is 0.227 e. The first-order chi connectivity index (χ1) is 15.1. The van der Waals surface area contributed by atoms with E-state index < -0.39 is 0 Å². The molecule has 1 fully saturated rings. The number of amides is 2. The first-order valence-corrected chi connectivity index (χ1v) is 10.6. The molecule has 2 amide bonds. The number of rotatable bonds is 5. The monoisotopic (exact) mass is 414 g/mol. The van der Waals surface area contributed by atoms with Crippen molar-refractivity contribution in [2.45, 2.75) is 32.1 Å². The maximum atomic E-state index is 12.9. The van der Waals surface area contributed by atoms with Crippen molar-refractivity contribution < 1.29 is 9.59 Å². The van der Waals surface area contributed by atoms with Gasteiger partial charge in [-0.3, -0.25) is 19.6 Å². The number of aromatic nitrogens is 2. The fraction of sp³-hybridized carbons (Fsp3) is 0.280. The van der Waals surface area contributed by atoms with E-state index in [-0.39, 0.29) is 17.7 Å². The molecule has 1 aliphatic heterocycles.